The first-order valence-corrected chi connectivity index (χ1v) is 6.06. The molecule has 20 heavy (non-hydrogen) atoms. The van der Waals surface area contributed by atoms with Gasteiger partial charge in [0.25, 0.3) is 0 Å². The van der Waals surface area contributed by atoms with Crippen LogP contribution in [-0.2, 0) is 6.61 Å². The van der Waals surface area contributed by atoms with Crippen molar-refractivity contribution in [3.8, 4) is 11.5 Å². The Bertz CT molecular complexity index is 620. The van der Waals surface area contributed by atoms with Crippen LogP contribution >= 0.6 is 0 Å². The van der Waals surface area contributed by atoms with Gasteiger partial charge in [-0.2, -0.15) is 0 Å². The summed E-state index contributed by atoms with van der Waals surface area (Å²) in [4.78, 5) is 11.2. The molecular formula is C16H15O4. The van der Waals surface area contributed by atoms with Crippen LogP contribution in [0.25, 0.3) is 0 Å². The van der Waals surface area contributed by atoms with Gasteiger partial charge < -0.3 is 14.6 Å². The fraction of sp³-hybridized carbons (Fsp3) is 0.125. The first kappa shape index (κ1) is 13.9. The second kappa shape index (κ2) is 6.10. The summed E-state index contributed by atoms with van der Waals surface area (Å²) >= 11 is 0. The van der Waals surface area contributed by atoms with E-state index >= 15 is 0 Å². The molecule has 1 radical (unpaired) electrons. The van der Waals surface area contributed by atoms with Gasteiger partial charge in [0.15, 0.2) is 0 Å². The number of hydrogen-bond donors (Lipinski definition) is 1. The molecular weight excluding hydrogens is 256 g/mol. The number of ether oxygens (including phenoxy) is 2. The van der Waals surface area contributed by atoms with Crippen molar-refractivity contribution in [1.82, 2.24) is 0 Å². The zero-order valence-corrected chi connectivity index (χ0v) is 11.1. The van der Waals surface area contributed by atoms with E-state index in [0.717, 1.165) is 5.56 Å². The van der Waals surface area contributed by atoms with E-state index in [1.165, 1.54) is 13.2 Å². The molecule has 0 amide bonds. The van der Waals surface area contributed by atoms with E-state index in [2.05, 4.69) is 6.92 Å². The highest BCUT2D eigenvalue weighted by Crippen LogP contribution is 2.22. The third kappa shape index (κ3) is 3.09. The van der Waals surface area contributed by atoms with Crippen molar-refractivity contribution < 1.29 is 19.4 Å². The molecule has 0 aliphatic heterocycles. The molecule has 0 unspecified atom stereocenters. The summed E-state index contributed by atoms with van der Waals surface area (Å²) in [6.45, 7) is 4.02. The van der Waals surface area contributed by atoms with Crippen molar-refractivity contribution >= 4 is 5.97 Å². The molecule has 0 aliphatic carbocycles. The van der Waals surface area contributed by atoms with Gasteiger partial charge in [-0.3, -0.25) is 0 Å². The molecule has 2 rings (SSSR count). The van der Waals surface area contributed by atoms with E-state index in [9.17, 15) is 9.90 Å². The maximum Gasteiger partial charge on any atom is 0.336 e. The van der Waals surface area contributed by atoms with Crippen molar-refractivity contribution in [3.63, 3.8) is 0 Å². The zero-order valence-electron chi connectivity index (χ0n) is 11.1. The van der Waals surface area contributed by atoms with Gasteiger partial charge in [0.2, 0.25) is 0 Å². The Hall–Kier alpha value is -2.49. The van der Waals surface area contributed by atoms with Crippen LogP contribution in [0.15, 0.2) is 42.5 Å². The van der Waals surface area contributed by atoms with E-state index in [1.807, 2.05) is 18.2 Å². The molecule has 0 aromatic heterocycles. The number of carboxylic acid groups (broad SMARTS) is 1. The van der Waals surface area contributed by atoms with Gasteiger partial charge in [-0.05, 0) is 30.7 Å². The minimum Gasteiger partial charge on any atom is -0.497 e. The van der Waals surface area contributed by atoms with E-state index in [-0.39, 0.29) is 12.2 Å². The highest BCUT2D eigenvalue weighted by atomic mass is 16.5. The van der Waals surface area contributed by atoms with Crippen molar-refractivity contribution in [1.29, 1.82) is 0 Å². The Kier molecular flexibility index (Phi) is 4.25. The number of rotatable bonds is 5. The topological polar surface area (TPSA) is 55.8 Å². The number of para-hydroxylation sites is 1. The number of benzene rings is 2. The molecule has 4 heteroatoms. The first-order valence-electron chi connectivity index (χ1n) is 6.06. The minimum absolute atomic E-state index is 0.165. The van der Waals surface area contributed by atoms with Gasteiger partial charge in [0, 0.05) is 5.56 Å². The van der Waals surface area contributed by atoms with Crippen molar-refractivity contribution in [2.45, 2.75) is 6.61 Å². The smallest absolute Gasteiger partial charge is 0.336 e. The summed E-state index contributed by atoms with van der Waals surface area (Å²) in [6.07, 6.45) is 0. The van der Waals surface area contributed by atoms with Crippen LogP contribution in [-0.4, -0.2) is 18.2 Å². The van der Waals surface area contributed by atoms with E-state index in [4.69, 9.17) is 9.47 Å². The lowest BCUT2D eigenvalue weighted by atomic mass is 10.1. The standard InChI is InChI=1S/C16H15O4/c1-11-5-3-4-6-15(11)20-10-12-7-8-13(19-2)9-14(12)16(17)18/h3-9H,1,10H2,2H3,(H,17,18). The summed E-state index contributed by atoms with van der Waals surface area (Å²) in [6, 6.07) is 12.2. The van der Waals surface area contributed by atoms with E-state index < -0.39 is 5.97 Å². The lowest BCUT2D eigenvalue weighted by Gasteiger charge is -2.11. The van der Waals surface area contributed by atoms with Gasteiger partial charge >= 0.3 is 5.97 Å². The molecule has 103 valence electrons. The molecule has 2 aromatic rings. The van der Waals surface area contributed by atoms with Crippen LogP contribution in [0.1, 0.15) is 21.5 Å². The van der Waals surface area contributed by atoms with Crippen LogP contribution in [0.4, 0.5) is 0 Å². The van der Waals surface area contributed by atoms with Crippen LogP contribution in [0.3, 0.4) is 0 Å². The molecule has 4 nitrogen and oxygen atoms in total. The van der Waals surface area contributed by atoms with E-state index in [1.54, 1.807) is 18.2 Å². The van der Waals surface area contributed by atoms with Gasteiger partial charge in [0.1, 0.15) is 18.1 Å². The summed E-state index contributed by atoms with van der Waals surface area (Å²) < 4.78 is 10.6. The number of carbonyl (C=O) groups is 1. The predicted octanol–water partition coefficient (Wildman–Crippen LogP) is 3.15. The Morgan fingerprint density at radius 2 is 2.00 bits per heavy atom. The highest BCUT2D eigenvalue weighted by molar-refractivity contribution is 5.89. The lowest BCUT2D eigenvalue weighted by Crippen LogP contribution is -2.06. The van der Waals surface area contributed by atoms with Crippen LogP contribution in [0, 0.1) is 6.92 Å². The lowest BCUT2D eigenvalue weighted by molar-refractivity contribution is 0.0693. The molecule has 0 heterocycles. The van der Waals surface area contributed by atoms with Gasteiger partial charge in [-0.15, -0.1) is 0 Å². The Morgan fingerprint density at radius 3 is 2.65 bits per heavy atom. The fourth-order valence-corrected chi connectivity index (χ4v) is 1.81. The number of aromatic carboxylic acids is 1. The van der Waals surface area contributed by atoms with Crippen molar-refractivity contribution in [2.24, 2.45) is 0 Å². The number of carboxylic acids is 1. The molecule has 0 saturated heterocycles. The molecule has 0 aliphatic rings. The molecule has 0 saturated carbocycles. The first-order chi connectivity index (χ1) is 9.61. The van der Waals surface area contributed by atoms with Crippen LogP contribution in [0.5, 0.6) is 11.5 Å². The largest absolute Gasteiger partial charge is 0.497 e. The molecule has 0 bridgehead atoms. The maximum absolute atomic E-state index is 11.2. The Balaban J connectivity index is 2.21. The zero-order chi connectivity index (χ0) is 14.5. The van der Waals surface area contributed by atoms with Crippen LogP contribution < -0.4 is 9.47 Å². The fourth-order valence-electron chi connectivity index (χ4n) is 1.81. The van der Waals surface area contributed by atoms with Gasteiger partial charge in [-0.1, -0.05) is 24.3 Å². The molecule has 1 N–H and O–H groups in total. The third-order valence-electron chi connectivity index (χ3n) is 2.90. The molecule has 2 aromatic carbocycles. The van der Waals surface area contributed by atoms with Gasteiger partial charge in [0.05, 0.1) is 12.7 Å². The van der Waals surface area contributed by atoms with E-state index in [0.29, 0.717) is 17.1 Å². The Morgan fingerprint density at radius 1 is 1.25 bits per heavy atom. The maximum atomic E-state index is 11.2. The van der Waals surface area contributed by atoms with Gasteiger partial charge in [-0.25, -0.2) is 4.79 Å². The third-order valence-corrected chi connectivity index (χ3v) is 2.90. The Labute approximate surface area is 117 Å². The number of methoxy groups -OCH3 is 1. The van der Waals surface area contributed by atoms with Crippen molar-refractivity contribution in [2.75, 3.05) is 7.11 Å². The summed E-state index contributed by atoms with van der Waals surface area (Å²) in [5, 5.41) is 9.21. The second-order valence-electron chi connectivity index (χ2n) is 4.22. The second-order valence-corrected chi connectivity index (χ2v) is 4.22. The van der Waals surface area contributed by atoms with Crippen LogP contribution in [0.2, 0.25) is 0 Å². The normalized spacial score (nSPS) is 10.1. The summed E-state index contributed by atoms with van der Waals surface area (Å²) in [5.74, 6) is 0.133. The molecule has 0 spiro atoms. The quantitative estimate of drug-likeness (QED) is 0.907. The highest BCUT2D eigenvalue weighted by Gasteiger charge is 2.12. The minimum atomic E-state index is -1.01. The molecule has 0 fully saturated rings. The average Bonchev–Trinajstić information content (AvgIpc) is 2.46. The number of hydrogen-bond acceptors (Lipinski definition) is 3. The van der Waals surface area contributed by atoms with Crippen molar-refractivity contribution in [3.05, 3.63) is 66.1 Å². The summed E-state index contributed by atoms with van der Waals surface area (Å²) in [7, 11) is 1.50. The SMILES string of the molecule is [CH2]c1ccccc1OCc1ccc(OC)cc1C(=O)O. The predicted molar refractivity (Wildman–Crippen MR) is 75.2 cm³/mol. The average molecular weight is 271 g/mol. The molecule has 0 atom stereocenters. The monoisotopic (exact) mass is 271 g/mol. The summed E-state index contributed by atoms with van der Waals surface area (Å²) in [5.41, 5.74) is 1.52.